The quantitative estimate of drug-likeness (QED) is 0.613. The van der Waals surface area contributed by atoms with Gasteiger partial charge in [-0.25, -0.2) is 0 Å². The zero-order valence-electron chi connectivity index (χ0n) is 7.26. The lowest BCUT2D eigenvalue weighted by Crippen LogP contribution is -2.36. The number of nitrogens with one attached hydrogen (secondary N) is 1. The molecule has 3 nitrogen and oxygen atoms in total. The minimum atomic E-state index is -0.736. The summed E-state index contributed by atoms with van der Waals surface area (Å²) in [6.45, 7) is 4.70. The smallest absolute Gasteiger partial charge is 0.320 e. The molecule has 11 heavy (non-hydrogen) atoms. The Morgan fingerprint density at radius 2 is 2.18 bits per heavy atom. The summed E-state index contributed by atoms with van der Waals surface area (Å²) in [6, 6.07) is -0.347. The predicted molar refractivity (Wildman–Crippen MR) is 44.6 cm³/mol. The van der Waals surface area contributed by atoms with E-state index in [0.29, 0.717) is 0 Å². The van der Waals surface area contributed by atoms with E-state index in [2.05, 4.69) is 12.2 Å². The summed E-state index contributed by atoms with van der Waals surface area (Å²) in [5.41, 5.74) is 0. The monoisotopic (exact) mass is 159 g/mol. The third-order valence-electron chi connectivity index (χ3n) is 1.59. The lowest BCUT2D eigenvalue weighted by atomic mass is 10.1. The van der Waals surface area contributed by atoms with E-state index < -0.39 is 5.97 Å². The molecule has 0 aromatic carbocycles. The minimum absolute atomic E-state index is 0.347. The van der Waals surface area contributed by atoms with Crippen LogP contribution in [0.3, 0.4) is 0 Å². The van der Waals surface area contributed by atoms with Crippen LogP contribution in [0.2, 0.25) is 0 Å². The summed E-state index contributed by atoms with van der Waals surface area (Å²) in [6.07, 6.45) is 2.76. The highest BCUT2D eigenvalue weighted by atomic mass is 16.4. The van der Waals surface area contributed by atoms with Crippen molar-refractivity contribution in [2.75, 3.05) is 6.54 Å². The molecule has 0 heterocycles. The van der Waals surface area contributed by atoms with Gasteiger partial charge in [0.2, 0.25) is 0 Å². The van der Waals surface area contributed by atoms with Gasteiger partial charge in [-0.05, 0) is 13.0 Å². The number of carboxylic acid groups (broad SMARTS) is 1. The topological polar surface area (TPSA) is 49.3 Å². The van der Waals surface area contributed by atoms with Crippen LogP contribution < -0.4 is 5.32 Å². The molecule has 0 amide bonds. The van der Waals surface area contributed by atoms with E-state index in [9.17, 15) is 4.79 Å². The third kappa shape index (κ3) is 4.79. The Labute approximate surface area is 67.8 Å². The Kier molecular flexibility index (Phi) is 5.84. The highest BCUT2D eigenvalue weighted by molar-refractivity contribution is 5.73. The van der Waals surface area contributed by atoms with E-state index in [1.54, 1.807) is 0 Å². The van der Waals surface area contributed by atoms with Crippen molar-refractivity contribution in [1.29, 1.82) is 0 Å². The van der Waals surface area contributed by atoms with Crippen molar-refractivity contribution in [1.82, 2.24) is 5.32 Å². The number of carbonyl (C=O) groups is 1. The second kappa shape index (κ2) is 6.16. The van der Waals surface area contributed by atoms with Crippen LogP contribution in [-0.4, -0.2) is 23.7 Å². The summed E-state index contributed by atoms with van der Waals surface area (Å²) < 4.78 is 0. The van der Waals surface area contributed by atoms with Crippen LogP contribution in [0.15, 0.2) is 0 Å². The Hall–Kier alpha value is -0.570. The average molecular weight is 159 g/mol. The van der Waals surface area contributed by atoms with Crippen LogP contribution in [0, 0.1) is 0 Å². The summed E-state index contributed by atoms with van der Waals surface area (Å²) in [5.74, 6) is -0.736. The van der Waals surface area contributed by atoms with Crippen LogP contribution in [0.4, 0.5) is 0 Å². The highest BCUT2D eigenvalue weighted by Crippen LogP contribution is 1.99. The summed E-state index contributed by atoms with van der Waals surface area (Å²) in [5, 5.41) is 11.6. The number of rotatable bonds is 6. The van der Waals surface area contributed by atoms with E-state index >= 15 is 0 Å². The van der Waals surface area contributed by atoms with Gasteiger partial charge in [-0.3, -0.25) is 4.79 Å². The van der Waals surface area contributed by atoms with E-state index in [1.165, 1.54) is 0 Å². The predicted octanol–water partition coefficient (Wildman–Crippen LogP) is 1.24. The molecule has 0 rings (SSSR count). The second-order valence-electron chi connectivity index (χ2n) is 2.59. The van der Waals surface area contributed by atoms with Crippen molar-refractivity contribution in [3.63, 3.8) is 0 Å². The molecule has 2 N–H and O–H groups in total. The van der Waals surface area contributed by atoms with Crippen molar-refractivity contribution in [2.24, 2.45) is 0 Å². The van der Waals surface area contributed by atoms with Gasteiger partial charge >= 0.3 is 5.97 Å². The SMILES string of the molecule is CCCCC(NCC)C(=O)O. The molecule has 0 saturated carbocycles. The lowest BCUT2D eigenvalue weighted by molar-refractivity contribution is -0.139. The molecule has 66 valence electrons. The zero-order chi connectivity index (χ0) is 8.69. The molecule has 0 fully saturated rings. The van der Waals surface area contributed by atoms with Crippen molar-refractivity contribution in [3.05, 3.63) is 0 Å². The van der Waals surface area contributed by atoms with Gasteiger partial charge in [0.05, 0.1) is 0 Å². The number of hydrogen-bond donors (Lipinski definition) is 2. The van der Waals surface area contributed by atoms with Crippen LogP contribution in [-0.2, 0) is 4.79 Å². The van der Waals surface area contributed by atoms with Crippen LogP contribution in [0.1, 0.15) is 33.1 Å². The fraction of sp³-hybridized carbons (Fsp3) is 0.875. The maximum absolute atomic E-state index is 10.5. The number of hydrogen-bond acceptors (Lipinski definition) is 2. The molecule has 0 aromatic rings. The van der Waals surface area contributed by atoms with Crippen molar-refractivity contribution < 1.29 is 9.90 Å². The lowest BCUT2D eigenvalue weighted by Gasteiger charge is -2.11. The second-order valence-corrected chi connectivity index (χ2v) is 2.59. The number of aliphatic carboxylic acids is 1. The van der Waals surface area contributed by atoms with Crippen molar-refractivity contribution in [3.8, 4) is 0 Å². The van der Waals surface area contributed by atoms with Gasteiger partial charge in [0.25, 0.3) is 0 Å². The molecule has 1 unspecified atom stereocenters. The van der Waals surface area contributed by atoms with Crippen molar-refractivity contribution in [2.45, 2.75) is 39.2 Å². The molecule has 0 radical (unpaired) electrons. The number of unbranched alkanes of at least 4 members (excludes halogenated alkanes) is 1. The normalized spacial score (nSPS) is 12.9. The first-order chi connectivity index (χ1) is 5.22. The fourth-order valence-corrected chi connectivity index (χ4v) is 0.967. The van der Waals surface area contributed by atoms with Gasteiger partial charge in [0.1, 0.15) is 6.04 Å². The van der Waals surface area contributed by atoms with Gasteiger partial charge in [0, 0.05) is 0 Å². The van der Waals surface area contributed by atoms with Gasteiger partial charge in [-0.1, -0.05) is 26.7 Å². The maximum Gasteiger partial charge on any atom is 0.320 e. The zero-order valence-corrected chi connectivity index (χ0v) is 7.26. The van der Waals surface area contributed by atoms with Gasteiger partial charge < -0.3 is 10.4 Å². The molecule has 0 aromatic heterocycles. The third-order valence-corrected chi connectivity index (χ3v) is 1.59. The van der Waals surface area contributed by atoms with Crippen molar-refractivity contribution >= 4 is 5.97 Å². The number of likely N-dealkylation sites (N-methyl/N-ethyl adjacent to an activating group) is 1. The highest BCUT2D eigenvalue weighted by Gasteiger charge is 2.13. The first-order valence-corrected chi connectivity index (χ1v) is 4.18. The Bertz CT molecular complexity index is 115. The van der Waals surface area contributed by atoms with Gasteiger partial charge in [0.15, 0.2) is 0 Å². The van der Waals surface area contributed by atoms with E-state index in [4.69, 9.17) is 5.11 Å². The Morgan fingerprint density at radius 1 is 1.55 bits per heavy atom. The molecule has 0 aliphatic carbocycles. The molecule has 0 aliphatic heterocycles. The largest absolute Gasteiger partial charge is 0.480 e. The maximum atomic E-state index is 10.5. The van der Waals surface area contributed by atoms with Crippen LogP contribution in [0.5, 0.6) is 0 Å². The van der Waals surface area contributed by atoms with Gasteiger partial charge in [-0.15, -0.1) is 0 Å². The molecular formula is C8H17NO2. The molecule has 0 spiro atoms. The summed E-state index contributed by atoms with van der Waals surface area (Å²) >= 11 is 0. The standard InChI is InChI=1S/C8H17NO2/c1-3-5-6-7(8(10)11)9-4-2/h7,9H,3-6H2,1-2H3,(H,10,11). The minimum Gasteiger partial charge on any atom is -0.480 e. The summed E-state index contributed by atoms with van der Waals surface area (Å²) in [7, 11) is 0. The fourth-order valence-electron chi connectivity index (χ4n) is 0.967. The van der Waals surface area contributed by atoms with Crippen LogP contribution in [0.25, 0.3) is 0 Å². The Balaban J connectivity index is 3.60. The molecule has 0 saturated heterocycles. The van der Waals surface area contributed by atoms with E-state index in [0.717, 1.165) is 25.8 Å². The van der Waals surface area contributed by atoms with Gasteiger partial charge in [-0.2, -0.15) is 0 Å². The van der Waals surface area contributed by atoms with Crippen LogP contribution >= 0.6 is 0 Å². The molecule has 0 aliphatic rings. The Morgan fingerprint density at radius 3 is 2.55 bits per heavy atom. The molecule has 0 bridgehead atoms. The first kappa shape index (κ1) is 10.4. The summed E-state index contributed by atoms with van der Waals surface area (Å²) in [4.78, 5) is 10.5. The molecular weight excluding hydrogens is 142 g/mol. The molecule has 1 atom stereocenters. The first-order valence-electron chi connectivity index (χ1n) is 4.18. The average Bonchev–Trinajstić information content (AvgIpc) is 1.97. The van der Waals surface area contributed by atoms with E-state index in [-0.39, 0.29) is 6.04 Å². The molecule has 3 heteroatoms. The number of carboxylic acids is 1. The van der Waals surface area contributed by atoms with E-state index in [1.807, 2.05) is 6.92 Å².